The zero-order chi connectivity index (χ0) is 20.1. The molecule has 0 fully saturated rings. The van der Waals surface area contributed by atoms with Gasteiger partial charge in [0, 0.05) is 19.3 Å². The predicted octanol–water partition coefficient (Wildman–Crippen LogP) is 4.45. The number of hydrogen-bond donors (Lipinski definition) is 1. The average Bonchev–Trinajstić information content (AvgIpc) is 3.26. The van der Waals surface area contributed by atoms with Crippen LogP contribution in [0.3, 0.4) is 0 Å². The summed E-state index contributed by atoms with van der Waals surface area (Å²) in [5, 5.41) is 7.78. The molecule has 0 unspecified atom stereocenters. The second-order valence-corrected chi connectivity index (χ2v) is 7.17. The number of aromatic nitrogens is 2. The number of carbonyl (C=O) groups excluding carboxylic acids is 1. The number of benzene rings is 1. The molecule has 3 aromatic rings. The Morgan fingerprint density at radius 1 is 1.25 bits per heavy atom. The summed E-state index contributed by atoms with van der Waals surface area (Å²) >= 11 is 5.98. The topological polar surface area (TPSA) is 69.3 Å². The quantitative estimate of drug-likeness (QED) is 0.566. The Morgan fingerprint density at radius 2 is 2.07 bits per heavy atom. The van der Waals surface area contributed by atoms with Gasteiger partial charge in [-0.2, -0.15) is 5.10 Å². The van der Waals surface area contributed by atoms with Crippen LogP contribution in [0.1, 0.15) is 39.6 Å². The van der Waals surface area contributed by atoms with Gasteiger partial charge in [-0.05, 0) is 56.5 Å². The van der Waals surface area contributed by atoms with Crippen LogP contribution in [0.25, 0.3) is 0 Å². The predicted molar refractivity (Wildman–Crippen MR) is 108 cm³/mol. The number of hydrogen-bond acceptors (Lipinski definition) is 4. The van der Waals surface area contributed by atoms with Crippen molar-refractivity contribution in [2.75, 3.05) is 6.54 Å². The molecule has 0 spiro atoms. The van der Waals surface area contributed by atoms with Gasteiger partial charge in [0.15, 0.2) is 5.76 Å². The minimum absolute atomic E-state index is 0.243. The van der Waals surface area contributed by atoms with Crippen molar-refractivity contribution in [2.45, 2.75) is 40.3 Å². The van der Waals surface area contributed by atoms with Gasteiger partial charge in [0.2, 0.25) is 0 Å². The molecule has 2 heterocycles. The number of furan rings is 1. The van der Waals surface area contributed by atoms with Crippen LogP contribution >= 0.6 is 11.6 Å². The summed E-state index contributed by atoms with van der Waals surface area (Å²) in [5.74, 6) is 1.45. The van der Waals surface area contributed by atoms with Crippen LogP contribution in [0.15, 0.2) is 40.9 Å². The van der Waals surface area contributed by atoms with Gasteiger partial charge >= 0.3 is 0 Å². The van der Waals surface area contributed by atoms with E-state index in [1.165, 1.54) is 0 Å². The van der Waals surface area contributed by atoms with Crippen molar-refractivity contribution in [2.24, 2.45) is 0 Å². The Bertz CT molecular complexity index is 942. The van der Waals surface area contributed by atoms with Gasteiger partial charge in [-0.15, -0.1) is 0 Å². The number of nitrogens with zero attached hydrogens (tertiary/aromatic N) is 2. The fourth-order valence-electron chi connectivity index (χ4n) is 2.73. The van der Waals surface area contributed by atoms with E-state index in [0.29, 0.717) is 23.9 Å². The Hall–Kier alpha value is -2.73. The van der Waals surface area contributed by atoms with Crippen LogP contribution in [0, 0.1) is 20.8 Å². The Morgan fingerprint density at radius 3 is 2.82 bits per heavy atom. The highest BCUT2D eigenvalue weighted by Gasteiger charge is 2.11. The molecule has 0 aliphatic heterocycles. The molecule has 0 radical (unpaired) electrons. The Kier molecular flexibility index (Phi) is 6.41. The van der Waals surface area contributed by atoms with E-state index in [1.54, 1.807) is 23.0 Å². The molecule has 1 N–H and O–H groups in total. The molecular weight excluding hydrogens is 378 g/mol. The van der Waals surface area contributed by atoms with Crippen LogP contribution in [-0.2, 0) is 13.2 Å². The molecule has 28 heavy (non-hydrogen) atoms. The maximum absolute atomic E-state index is 12.2. The third-order valence-electron chi connectivity index (χ3n) is 4.34. The third-order valence-corrected chi connectivity index (χ3v) is 4.71. The Balaban J connectivity index is 1.45. The van der Waals surface area contributed by atoms with E-state index in [0.717, 1.165) is 29.0 Å². The summed E-state index contributed by atoms with van der Waals surface area (Å²) in [6.45, 7) is 7.35. The van der Waals surface area contributed by atoms with Gasteiger partial charge in [-0.1, -0.05) is 23.7 Å². The molecule has 1 aromatic carbocycles. The lowest BCUT2D eigenvalue weighted by atomic mass is 10.1. The van der Waals surface area contributed by atoms with E-state index in [-0.39, 0.29) is 18.3 Å². The van der Waals surface area contributed by atoms with Gasteiger partial charge in [0.05, 0.1) is 10.7 Å². The number of halogens is 1. The number of amides is 1. The van der Waals surface area contributed by atoms with Gasteiger partial charge < -0.3 is 14.5 Å². The van der Waals surface area contributed by atoms with E-state index in [2.05, 4.69) is 10.4 Å². The highest BCUT2D eigenvalue weighted by atomic mass is 35.5. The van der Waals surface area contributed by atoms with Crippen LogP contribution in [0.5, 0.6) is 5.75 Å². The normalized spacial score (nSPS) is 10.9. The van der Waals surface area contributed by atoms with Crippen molar-refractivity contribution in [1.82, 2.24) is 15.1 Å². The van der Waals surface area contributed by atoms with Gasteiger partial charge in [0.25, 0.3) is 5.91 Å². The second kappa shape index (κ2) is 8.97. The number of rotatable bonds is 8. The molecular formula is C21H24ClN3O3. The Labute approximate surface area is 169 Å². The molecule has 1 amide bonds. The molecule has 3 rings (SSSR count). The zero-order valence-electron chi connectivity index (χ0n) is 16.3. The fraction of sp³-hybridized carbons (Fsp3) is 0.333. The van der Waals surface area contributed by atoms with E-state index in [9.17, 15) is 4.79 Å². The number of aryl methyl sites for hydroxylation is 4. The zero-order valence-corrected chi connectivity index (χ0v) is 17.0. The van der Waals surface area contributed by atoms with Crippen LogP contribution in [0.4, 0.5) is 0 Å². The lowest BCUT2D eigenvalue weighted by Crippen LogP contribution is -2.24. The molecule has 0 bridgehead atoms. The first kappa shape index (κ1) is 20.0. The summed E-state index contributed by atoms with van der Waals surface area (Å²) in [7, 11) is 0. The van der Waals surface area contributed by atoms with Crippen LogP contribution < -0.4 is 10.1 Å². The van der Waals surface area contributed by atoms with E-state index >= 15 is 0 Å². The molecule has 148 valence electrons. The second-order valence-electron chi connectivity index (χ2n) is 6.76. The van der Waals surface area contributed by atoms with Crippen LogP contribution in [0.2, 0.25) is 5.02 Å². The van der Waals surface area contributed by atoms with Crippen molar-refractivity contribution >= 4 is 17.5 Å². The van der Waals surface area contributed by atoms with Crippen molar-refractivity contribution < 1.29 is 13.9 Å². The van der Waals surface area contributed by atoms with Gasteiger partial charge in [0.1, 0.15) is 18.1 Å². The SMILES string of the molecule is Cc1ccc(C)c(OCc2ccc(C(=O)NCCCn3cc(Cl)c(C)n3)o2)c1. The average molecular weight is 402 g/mol. The maximum atomic E-state index is 12.2. The highest BCUT2D eigenvalue weighted by molar-refractivity contribution is 6.31. The standard InChI is InChI=1S/C21H24ClN3O3/c1-14-5-6-15(2)20(11-14)27-13-17-7-8-19(28-17)21(26)23-9-4-10-25-12-18(22)16(3)24-25/h5-8,11-12H,4,9-10,13H2,1-3H3,(H,23,26). The van der Waals surface area contributed by atoms with Crippen molar-refractivity contribution in [3.05, 3.63) is 69.9 Å². The number of carbonyl (C=O) groups is 1. The minimum atomic E-state index is -0.243. The first-order valence-electron chi connectivity index (χ1n) is 9.19. The molecule has 2 aromatic heterocycles. The van der Waals surface area contributed by atoms with Gasteiger partial charge in [-0.25, -0.2) is 0 Å². The van der Waals surface area contributed by atoms with Gasteiger partial charge in [-0.3, -0.25) is 9.48 Å². The smallest absolute Gasteiger partial charge is 0.286 e. The van der Waals surface area contributed by atoms with Crippen LogP contribution in [-0.4, -0.2) is 22.2 Å². The maximum Gasteiger partial charge on any atom is 0.286 e. The van der Waals surface area contributed by atoms with Crippen molar-refractivity contribution in [3.63, 3.8) is 0 Å². The highest BCUT2D eigenvalue weighted by Crippen LogP contribution is 2.21. The first-order valence-corrected chi connectivity index (χ1v) is 9.56. The molecule has 0 aliphatic rings. The molecule has 0 saturated carbocycles. The fourth-order valence-corrected chi connectivity index (χ4v) is 2.88. The van der Waals surface area contributed by atoms with E-state index in [4.69, 9.17) is 20.8 Å². The minimum Gasteiger partial charge on any atom is -0.485 e. The summed E-state index contributed by atoms with van der Waals surface area (Å²) in [6.07, 6.45) is 2.53. The van der Waals surface area contributed by atoms with E-state index in [1.807, 2.05) is 39.0 Å². The molecule has 6 nitrogen and oxygen atoms in total. The summed E-state index contributed by atoms with van der Waals surface area (Å²) in [4.78, 5) is 12.2. The monoisotopic (exact) mass is 401 g/mol. The van der Waals surface area contributed by atoms with E-state index < -0.39 is 0 Å². The largest absolute Gasteiger partial charge is 0.485 e. The summed E-state index contributed by atoms with van der Waals surface area (Å²) < 4.78 is 13.2. The summed E-state index contributed by atoms with van der Waals surface area (Å²) in [5.41, 5.74) is 2.99. The molecule has 0 saturated heterocycles. The first-order chi connectivity index (χ1) is 13.4. The molecule has 0 atom stereocenters. The lowest BCUT2D eigenvalue weighted by molar-refractivity contribution is 0.0920. The summed E-state index contributed by atoms with van der Waals surface area (Å²) in [6, 6.07) is 9.46. The lowest BCUT2D eigenvalue weighted by Gasteiger charge is -2.08. The van der Waals surface area contributed by atoms with Crippen molar-refractivity contribution in [3.8, 4) is 5.75 Å². The number of nitrogens with one attached hydrogen (secondary N) is 1. The molecule has 7 heteroatoms. The van der Waals surface area contributed by atoms with Crippen molar-refractivity contribution in [1.29, 1.82) is 0 Å². The number of ether oxygens (including phenoxy) is 1. The third kappa shape index (κ3) is 5.16. The molecule has 0 aliphatic carbocycles.